The average molecular weight is 352 g/mol. The summed E-state index contributed by atoms with van der Waals surface area (Å²) < 4.78 is 5.66. The van der Waals surface area contributed by atoms with E-state index in [9.17, 15) is 4.79 Å². The van der Waals surface area contributed by atoms with Crippen LogP contribution in [0, 0.1) is 0 Å². The van der Waals surface area contributed by atoms with Crippen molar-refractivity contribution in [1.29, 1.82) is 0 Å². The van der Waals surface area contributed by atoms with Crippen LogP contribution in [0.3, 0.4) is 0 Å². The average Bonchev–Trinajstić information content (AvgIpc) is 2.69. The van der Waals surface area contributed by atoms with Crippen LogP contribution >= 0.6 is 0 Å². The summed E-state index contributed by atoms with van der Waals surface area (Å²) in [5.41, 5.74) is 1.93. The highest BCUT2D eigenvalue weighted by atomic mass is 16.5. The van der Waals surface area contributed by atoms with E-state index >= 15 is 0 Å². The highest BCUT2D eigenvalue weighted by molar-refractivity contribution is 5.93. The summed E-state index contributed by atoms with van der Waals surface area (Å²) in [7, 11) is 1.78. The molecule has 0 radical (unpaired) electrons. The van der Waals surface area contributed by atoms with Gasteiger partial charge in [0.2, 0.25) is 0 Å². The second kappa shape index (κ2) is 7.51. The van der Waals surface area contributed by atoms with Crippen molar-refractivity contribution in [2.45, 2.75) is 31.0 Å². The van der Waals surface area contributed by atoms with Crippen molar-refractivity contribution in [3.05, 3.63) is 60.2 Å². The van der Waals surface area contributed by atoms with Gasteiger partial charge in [-0.3, -0.25) is 19.7 Å². The van der Waals surface area contributed by atoms with E-state index in [1.165, 1.54) is 5.56 Å². The Balaban J connectivity index is 1.39. The first-order valence-electron chi connectivity index (χ1n) is 9.15. The van der Waals surface area contributed by atoms with Gasteiger partial charge in [-0.15, -0.1) is 0 Å². The number of nitrogens with zero attached hydrogens (tertiary/aromatic N) is 4. The number of ether oxygens (including phenoxy) is 1. The summed E-state index contributed by atoms with van der Waals surface area (Å²) in [6.45, 7) is 2.52. The number of rotatable bonds is 4. The van der Waals surface area contributed by atoms with Gasteiger partial charge < -0.3 is 9.64 Å². The van der Waals surface area contributed by atoms with Crippen molar-refractivity contribution in [3.8, 4) is 0 Å². The summed E-state index contributed by atoms with van der Waals surface area (Å²) in [5.74, 6) is 0.0839. The molecule has 2 aliphatic heterocycles. The number of pyridine rings is 2. The first-order chi connectivity index (χ1) is 12.8. The zero-order chi connectivity index (χ0) is 17.9. The van der Waals surface area contributed by atoms with Gasteiger partial charge in [-0.2, -0.15) is 0 Å². The normalized spacial score (nSPS) is 24.3. The van der Waals surface area contributed by atoms with E-state index in [4.69, 9.17) is 4.74 Å². The molecule has 0 bridgehead atoms. The minimum Gasteiger partial charge on any atom is -0.378 e. The van der Waals surface area contributed by atoms with Crippen molar-refractivity contribution >= 4 is 5.91 Å². The number of carbonyl (C=O) groups excluding carboxylic acids is 1. The molecule has 6 nitrogen and oxygen atoms in total. The van der Waals surface area contributed by atoms with Crippen LogP contribution in [0.25, 0.3) is 0 Å². The van der Waals surface area contributed by atoms with E-state index in [0.29, 0.717) is 11.6 Å². The van der Waals surface area contributed by atoms with Gasteiger partial charge >= 0.3 is 0 Å². The van der Waals surface area contributed by atoms with Gasteiger partial charge in [0, 0.05) is 57.6 Å². The second-order valence-corrected chi connectivity index (χ2v) is 6.96. The molecule has 2 aliphatic rings. The molecule has 0 saturated carbocycles. The minimum atomic E-state index is 0.0839. The summed E-state index contributed by atoms with van der Waals surface area (Å²) >= 11 is 0. The molecule has 4 rings (SSSR count). The summed E-state index contributed by atoms with van der Waals surface area (Å²) in [4.78, 5) is 25.2. The van der Waals surface area contributed by atoms with Crippen LogP contribution in [0.2, 0.25) is 0 Å². The Labute approximate surface area is 153 Å². The van der Waals surface area contributed by atoms with Gasteiger partial charge in [-0.25, -0.2) is 0 Å². The maximum Gasteiger partial charge on any atom is 0.255 e. The molecule has 4 heterocycles. The molecule has 136 valence electrons. The molecule has 2 aromatic heterocycles. The van der Waals surface area contributed by atoms with Crippen molar-refractivity contribution in [2.75, 3.05) is 26.7 Å². The fraction of sp³-hybridized carbons (Fsp3) is 0.450. The number of hydrogen-bond acceptors (Lipinski definition) is 5. The van der Waals surface area contributed by atoms with Crippen LogP contribution in [0.1, 0.15) is 34.8 Å². The van der Waals surface area contributed by atoms with E-state index in [1.54, 1.807) is 19.5 Å². The smallest absolute Gasteiger partial charge is 0.255 e. The summed E-state index contributed by atoms with van der Waals surface area (Å²) in [5, 5.41) is 0. The third-order valence-corrected chi connectivity index (χ3v) is 5.58. The predicted molar refractivity (Wildman–Crippen MR) is 97.6 cm³/mol. The number of methoxy groups -OCH3 is 1. The molecular weight excluding hydrogens is 328 g/mol. The number of aromatic nitrogens is 2. The number of hydrogen-bond donors (Lipinski definition) is 0. The second-order valence-electron chi connectivity index (χ2n) is 6.96. The monoisotopic (exact) mass is 352 g/mol. The molecule has 1 amide bonds. The van der Waals surface area contributed by atoms with Crippen LogP contribution in [0.15, 0.2) is 49.1 Å². The van der Waals surface area contributed by atoms with Gasteiger partial charge in [-0.1, -0.05) is 0 Å². The summed E-state index contributed by atoms with van der Waals surface area (Å²) in [6, 6.07) is 8.56. The van der Waals surface area contributed by atoms with Gasteiger partial charge in [0.15, 0.2) is 0 Å². The fourth-order valence-electron chi connectivity index (χ4n) is 4.12. The fourth-order valence-corrected chi connectivity index (χ4v) is 4.12. The van der Waals surface area contributed by atoms with E-state index in [0.717, 1.165) is 32.5 Å². The minimum absolute atomic E-state index is 0.0839. The lowest BCUT2D eigenvalue weighted by molar-refractivity contribution is -0.115. The first-order valence-corrected chi connectivity index (χ1v) is 9.15. The lowest BCUT2D eigenvalue weighted by Crippen LogP contribution is -2.60. The molecule has 0 aromatic carbocycles. The molecule has 26 heavy (non-hydrogen) atoms. The number of piperidine rings is 1. The van der Waals surface area contributed by atoms with Crippen LogP contribution < -0.4 is 0 Å². The highest BCUT2D eigenvalue weighted by Crippen LogP contribution is 2.39. The van der Waals surface area contributed by atoms with E-state index in [1.807, 2.05) is 29.4 Å². The summed E-state index contributed by atoms with van der Waals surface area (Å²) in [6.07, 6.45) is 9.23. The van der Waals surface area contributed by atoms with Crippen molar-refractivity contribution in [1.82, 2.24) is 19.8 Å². The molecule has 0 unspecified atom stereocenters. The third kappa shape index (κ3) is 3.22. The Kier molecular flexibility index (Phi) is 4.95. The van der Waals surface area contributed by atoms with Gasteiger partial charge in [0.1, 0.15) is 0 Å². The van der Waals surface area contributed by atoms with Gasteiger partial charge in [0.05, 0.1) is 17.7 Å². The topological polar surface area (TPSA) is 58.6 Å². The van der Waals surface area contributed by atoms with E-state index in [-0.39, 0.29) is 18.1 Å². The quantitative estimate of drug-likeness (QED) is 0.844. The molecule has 2 fully saturated rings. The maximum atomic E-state index is 12.6. The zero-order valence-electron chi connectivity index (χ0n) is 15.0. The van der Waals surface area contributed by atoms with Crippen molar-refractivity contribution in [2.24, 2.45) is 0 Å². The molecule has 0 N–H and O–H groups in total. The number of amides is 1. The highest BCUT2D eigenvalue weighted by Gasteiger charge is 2.44. The Hall–Kier alpha value is -2.31. The maximum absolute atomic E-state index is 12.6. The molecule has 2 saturated heterocycles. The molecule has 2 aromatic rings. The number of carbonyl (C=O) groups is 1. The molecular formula is C20H24N4O2. The largest absolute Gasteiger partial charge is 0.378 e. The molecule has 0 aliphatic carbocycles. The molecule has 6 heteroatoms. The molecule has 0 spiro atoms. The first kappa shape index (κ1) is 17.1. The van der Waals surface area contributed by atoms with Crippen LogP contribution in [0.5, 0.6) is 0 Å². The SMILES string of the molecule is CO[C@H]1CN(C2CCN(C(=O)c3cccnc3)CC2)[C@H]1c1ccncc1. The van der Waals surface area contributed by atoms with E-state index < -0.39 is 0 Å². The van der Waals surface area contributed by atoms with Crippen LogP contribution in [-0.2, 0) is 4.74 Å². The zero-order valence-corrected chi connectivity index (χ0v) is 15.0. The third-order valence-electron chi connectivity index (χ3n) is 5.58. The lowest BCUT2D eigenvalue weighted by Gasteiger charge is -2.53. The Bertz CT molecular complexity index is 732. The van der Waals surface area contributed by atoms with Crippen molar-refractivity contribution < 1.29 is 9.53 Å². The van der Waals surface area contributed by atoms with Crippen LogP contribution in [-0.4, -0.2) is 64.6 Å². The Morgan fingerprint density at radius 1 is 1.12 bits per heavy atom. The van der Waals surface area contributed by atoms with E-state index in [2.05, 4.69) is 27.0 Å². The molecule has 2 atom stereocenters. The predicted octanol–water partition coefficient (Wildman–Crippen LogP) is 2.15. The Morgan fingerprint density at radius 2 is 1.88 bits per heavy atom. The van der Waals surface area contributed by atoms with Crippen molar-refractivity contribution in [3.63, 3.8) is 0 Å². The van der Waals surface area contributed by atoms with Gasteiger partial charge in [0.25, 0.3) is 5.91 Å². The van der Waals surface area contributed by atoms with Crippen LogP contribution in [0.4, 0.5) is 0 Å². The Morgan fingerprint density at radius 3 is 2.54 bits per heavy atom. The number of likely N-dealkylation sites (tertiary alicyclic amines) is 2. The standard InChI is InChI=1S/C20H24N4O2/c1-26-18-14-24(19(18)15-4-9-21-10-5-15)17-6-11-23(12-7-17)20(25)16-3-2-8-22-13-16/h2-5,8-10,13,17-19H,6-7,11-12,14H2,1H3/t18-,19-/m0/s1. The lowest BCUT2D eigenvalue weighted by atomic mass is 9.87. The van der Waals surface area contributed by atoms with Gasteiger partial charge in [-0.05, 0) is 42.7 Å².